The molecule has 0 aliphatic carbocycles. The summed E-state index contributed by atoms with van der Waals surface area (Å²) in [4.78, 5) is 25.7. The van der Waals surface area contributed by atoms with Crippen LogP contribution in [0, 0.1) is 30.4 Å². The molecule has 0 aliphatic heterocycles. The number of thiophene rings is 2. The normalized spacial score (nSPS) is 11.5. The molecule has 75 heavy (non-hydrogen) atoms. The van der Waals surface area contributed by atoms with Gasteiger partial charge in [-0.3, -0.25) is 13.5 Å². The fourth-order valence-electron chi connectivity index (χ4n) is 7.34. The minimum Gasteiger partial charge on any atom is -0.478 e. The number of aryl methyl sites for hydroxylation is 2. The number of methoxy groups -OCH3 is 1. The molecule has 0 spiro atoms. The van der Waals surface area contributed by atoms with Crippen molar-refractivity contribution in [2.45, 2.75) is 49.1 Å². The minimum absolute atomic E-state index is 0. The van der Waals surface area contributed by atoms with Crippen LogP contribution in [0.2, 0.25) is 0 Å². The summed E-state index contributed by atoms with van der Waals surface area (Å²) >= 11 is 4.22. The van der Waals surface area contributed by atoms with Gasteiger partial charge in [0.05, 0.1) is 52.2 Å². The molecule has 25 heteroatoms. The molecule has 6 aromatic carbocycles. The zero-order valence-corrected chi connectivity index (χ0v) is 48.1. The van der Waals surface area contributed by atoms with E-state index in [1.165, 1.54) is 42.7 Å². The predicted octanol–water partition coefficient (Wildman–Crippen LogP) is 14.8. The second-order valence-corrected chi connectivity index (χ2v) is 21.3. The summed E-state index contributed by atoms with van der Waals surface area (Å²) in [5.41, 5.74) is -1.84. The molecule has 8 aromatic rings. The molecule has 0 saturated carbocycles. The number of nitrogens with zero attached hydrogens (tertiary/aromatic N) is 2. The van der Waals surface area contributed by atoms with Crippen molar-refractivity contribution < 1.29 is 89.9 Å². The number of fused-ring (bicyclic) bond motifs is 2. The molecule has 0 amide bonds. The van der Waals surface area contributed by atoms with E-state index in [-0.39, 0.29) is 79.6 Å². The number of benzene rings is 6. The van der Waals surface area contributed by atoms with E-state index in [0.717, 1.165) is 76.5 Å². The van der Waals surface area contributed by atoms with Crippen molar-refractivity contribution in [2.75, 3.05) is 15.7 Å². The van der Waals surface area contributed by atoms with Gasteiger partial charge in [0, 0.05) is 28.0 Å². The molecular weight excluding hydrogens is 1340 g/mol. The summed E-state index contributed by atoms with van der Waals surface area (Å²) in [5, 5.41) is 11.3. The van der Waals surface area contributed by atoms with Gasteiger partial charge in [0.1, 0.15) is 21.6 Å². The number of halogens is 10. The number of carboxylic acids is 1. The van der Waals surface area contributed by atoms with Crippen LogP contribution < -0.4 is 8.61 Å². The summed E-state index contributed by atoms with van der Waals surface area (Å²) in [6.45, 7) is 2.46. The fourth-order valence-corrected chi connectivity index (χ4v) is 13.2. The molecule has 10 nitrogen and oxygen atoms in total. The maximum atomic E-state index is 13.9. The molecule has 0 saturated heterocycles. The van der Waals surface area contributed by atoms with Crippen molar-refractivity contribution in [3.8, 4) is 0 Å². The Balaban J connectivity index is 0.000000306. The van der Waals surface area contributed by atoms with Gasteiger partial charge in [-0.05, 0) is 132 Å². The van der Waals surface area contributed by atoms with Crippen LogP contribution in [0.3, 0.4) is 0 Å². The first-order chi connectivity index (χ1) is 34.3. The number of ether oxygens (including phenoxy) is 1. The average molecular weight is 1380 g/mol. The van der Waals surface area contributed by atoms with Gasteiger partial charge in [0.15, 0.2) is 0 Å². The van der Waals surface area contributed by atoms with Gasteiger partial charge >= 0.3 is 24.3 Å². The number of alkyl halides is 6. The Morgan fingerprint density at radius 1 is 0.600 bits per heavy atom. The Hall–Kier alpha value is -4.84. The Kier molecular flexibility index (Phi) is 21.4. The van der Waals surface area contributed by atoms with Crippen LogP contribution >= 0.6 is 69.2 Å². The Morgan fingerprint density at radius 3 is 1.27 bits per heavy atom. The van der Waals surface area contributed by atoms with Crippen LogP contribution in [0.25, 0.3) is 20.2 Å². The van der Waals surface area contributed by atoms with E-state index in [0.29, 0.717) is 40.4 Å². The molecule has 0 aliphatic rings. The van der Waals surface area contributed by atoms with Crippen molar-refractivity contribution in [2.24, 2.45) is 0 Å². The van der Waals surface area contributed by atoms with Gasteiger partial charge in [-0.15, -0.1) is 46.7 Å². The summed E-state index contributed by atoms with van der Waals surface area (Å²) in [6, 6.07) is 28.7. The summed E-state index contributed by atoms with van der Waals surface area (Å²) < 4.78 is 171. The number of hydrogen-bond acceptors (Lipinski definition) is 9. The van der Waals surface area contributed by atoms with Crippen LogP contribution in [0.15, 0.2) is 143 Å². The number of carbonyl (C=O) groups is 2. The van der Waals surface area contributed by atoms with E-state index < -0.39 is 80.2 Å². The number of esters is 1. The van der Waals surface area contributed by atoms with Crippen molar-refractivity contribution in [3.05, 3.63) is 195 Å². The maximum Gasteiger partial charge on any atom is 0.419 e. The number of carbonyl (C=O) groups excluding carboxylic acids is 1. The third-order valence-corrected chi connectivity index (χ3v) is 17.3. The maximum absolute atomic E-state index is 13.9. The topological polar surface area (TPSA) is 138 Å². The second kappa shape index (κ2) is 25.5. The largest absolute Gasteiger partial charge is 0.478 e. The van der Waals surface area contributed by atoms with E-state index in [2.05, 4.69) is 9.67 Å². The van der Waals surface area contributed by atoms with Crippen molar-refractivity contribution in [1.82, 2.24) is 0 Å². The molecule has 0 atom stereocenters. The van der Waals surface area contributed by atoms with Gasteiger partial charge in [0.2, 0.25) is 0 Å². The third-order valence-electron chi connectivity index (χ3n) is 11.0. The van der Waals surface area contributed by atoms with Crippen LogP contribution in [-0.2, 0) is 68.8 Å². The van der Waals surface area contributed by atoms with Gasteiger partial charge in [-0.25, -0.2) is 35.2 Å². The van der Waals surface area contributed by atoms with E-state index in [1.54, 1.807) is 50.2 Å². The molecule has 397 valence electrons. The Morgan fingerprint density at radius 2 is 0.947 bits per heavy atom. The van der Waals surface area contributed by atoms with Crippen molar-refractivity contribution in [1.29, 1.82) is 0 Å². The fraction of sp³-hybridized carbons (Fsp3) is 0.140. The first-order valence-electron chi connectivity index (χ1n) is 20.8. The Labute approximate surface area is 476 Å². The molecule has 1 N–H and O–H groups in total. The summed E-state index contributed by atoms with van der Waals surface area (Å²) in [7, 11) is -7.47. The standard InChI is InChI=1S/C25H19F4NO4S2.C24H17F4NO4S2.CH2I.HI.V/c1-15-19-5-3-4-6-22(19)35-23(15)30(14-16-7-12-21(26)20(13-16)25(27,28)29)36(32,33)18-10-8-17(9-11-18)24(31)34-2;1-14-18-4-2-3-5-21(18)34-22(14)29(13-15-6-11-20(25)19(12-15)24(26,27)28)35(32,33)17-9-7-16(8-10-17)23(30)31;1-2;;/h3-13H,14H2,1-2H3;2-12H,13H2,1H3,(H,30,31);1H2;1H;/q;;-1;;/i26-1;25-1;;;. The molecule has 2 aromatic heterocycles. The van der Waals surface area contributed by atoms with Crippen LogP contribution in [0.1, 0.15) is 54.1 Å². The smallest absolute Gasteiger partial charge is 0.419 e. The number of rotatable bonds is 12. The molecule has 0 bridgehead atoms. The van der Waals surface area contributed by atoms with E-state index in [9.17, 15) is 61.5 Å². The zero-order valence-electron chi connectivity index (χ0n) is 38.9. The quantitative estimate of drug-likeness (QED) is 0.0552. The molecule has 0 unspecified atom stereocenters. The van der Waals surface area contributed by atoms with Gasteiger partial charge in [-0.2, -0.15) is 26.3 Å². The monoisotopic (exact) mass is 1380 g/mol. The molecule has 8 rings (SSSR count). The van der Waals surface area contributed by atoms with Gasteiger partial charge < -0.3 is 32.4 Å². The predicted molar refractivity (Wildman–Crippen MR) is 289 cm³/mol. The first-order valence-corrected chi connectivity index (χ1v) is 26.9. The SMILES string of the molecule is COC(=O)c1ccc(S(=O)(=O)N(Cc2ccc([18F])c(C(F)(F)F)c2)c2sc3ccccc3c2C)cc1.Cc1c(N(Cc2ccc([18F])c(C(F)(F)F)c2)S(=O)(=O)c2ccc(C(=O)O)cc2)sc2ccccc12.I.[CH2-]I.[V]. The third kappa shape index (κ3) is 14.0. The van der Waals surface area contributed by atoms with E-state index >= 15 is 0 Å². The second-order valence-electron chi connectivity index (χ2n) is 15.5. The molecular formula is C50H39F8I2N2O8S4V-. The number of anilines is 2. The number of sulfonamides is 2. The molecule has 1 radical (unpaired) electrons. The van der Waals surface area contributed by atoms with Crippen molar-refractivity contribution >= 4 is 131 Å². The number of carboxylic acid groups (broad SMARTS) is 1. The van der Waals surface area contributed by atoms with Crippen LogP contribution in [0.5, 0.6) is 0 Å². The molecule has 0 fully saturated rings. The van der Waals surface area contributed by atoms with Crippen molar-refractivity contribution in [3.63, 3.8) is 0 Å². The molecule has 2 heterocycles. The van der Waals surface area contributed by atoms with Gasteiger partial charge in [0.25, 0.3) is 20.0 Å². The minimum atomic E-state index is -4.95. The Bertz CT molecular complexity index is 3560. The average Bonchev–Trinajstić information content (AvgIpc) is 3.87. The summed E-state index contributed by atoms with van der Waals surface area (Å²) in [5.74, 6) is -4.80. The van der Waals surface area contributed by atoms with Crippen LogP contribution in [-0.4, -0.2) is 41.0 Å². The first kappa shape index (κ1) is 62.7. The zero-order chi connectivity index (χ0) is 53.8. The number of aromatic carboxylic acids is 1. The van der Waals surface area contributed by atoms with Crippen LogP contribution in [0.4, 0.5) is 45.1 Å². The van der Waals surface area contributed by atoms with Gasteiger partial charge in [-0.1, -0.05) is 48.5 Å². The summed E-state index contributed by atoms with van der Waals surface area (Å²) in [6.07, 6.45) is -9.90. The van der Waals surface area contributed by atoms with E-state index in [1.807, 2.05) is 34.7 Å². The van der Waals surface area contributed by atoms with E-state index in [4.69, 9.17) is 5.11 Å². The number of hydrogen-bond donors (Lipinski definition) is 1.